The van der Waals surface area contributed by atoms with Gasteiger partial charge >= 0.3 is 6.09 Å². The lowest BCUT2D eigenvalue weighted by Crippen LogP contribution is -2.44. The molecule has 14 heteroatoms. The van der Waals surface area contributed by atoms with Crippen LogP contribution in [-0.2, 0) is 43.1 Å². The number of rotatable bonds is 19. The molecule has 0 aliphatic carbocycles. The van der Waals surface area contributed by atoms with Gasteiger partial charge < -0.3 is 49.1 Å². The van der Waals surface area contributed by atoms with Crippen molar-refractivity contribution in [2.45, 2.75) is 51.9 Å². The number of carbonyl (C=O) groups excluding carboxylic acids is 1. The maximum absolute atomic E-state index is 13.8. The number of fused-ring (bicyclic) bond motifs is 1. The highest BCUT2D eigenvalue weighted by Crippen LogP contribution is 2.29. The van der Waals surface area contributed by atoms with Crippen molar-refractivity contribution in [1.82, 2.24) is 14.9 Å². The predicted molar refractivity (Wildman–Crippen MR) is 191 cm³/mol. The second-order valence-electron chi connectivity index (χ2n) is 12.9. The average Bonchev–Trinajstić information content (AvgIpc) is 3.08. The SMILES string of the molecule is COCC1CN(c2ccc3c(=O)n(CCc4ccc(OC)c(OCCOCCOCCNC(=O)OC(C)(C)C)c4)c(CCN)nc3c2)CCO1. The molecule has 1 amide bonds. The third-order valence-corrected chi connectivity index (χ3v) is 7.87. The second-order valence-corrected chi connectivity index (χ2v) is 12.9. The molecule has 3 N–H and O–H groups in total. The molecule has 0 radical (unpaired) electrons. The van der Waals surface area contributed by atoms with Crippen molar-refractivity contribution in [2.24, 2.45) is 5.73 Å². The maximum Gasteiger partial charge on any atom is 0.407 e. The molecule has 3 aromatic rings. The zero-order chi connectivity index (χ0) is 35.9. The number of anilines is 1. The molecule has 50 heavy (non-hydrogen) atoms. The Hall–Kier alpha value is -3.95. The molecule has 1 aromatic heterocycles. The van der Waals surface area contributed by atoms with Crippen LogP contribution in [-0.4, -0.2) is 114 Å². The topological polar surface area (TPSA) is 158 Å². The maximum atomic E-state index is 13.8. The van der Waals surface area contributed by atoms with Crippen LogP contribution in [0.4, 0.5) is 10.5 Å². The number of aryl methyl sites for hydroxylation is 1. The summed E-state index contributed by atoms with van der Waals surface area (Å²) in [4.78, 5) is 32.6. The Labute approximate surface area is 294 Å². The summed E-state index contributed by atoms with van der Waals surface area (Å²) in [5.41, 5.74) is 7.96. The molecule has 1 aliphatic rings. The van der Waals surface area contributed by atoms with Gasteiger partial charge in [-0.05, 0) is 69.6 Å². The number of benzene rings is 2. The normalized spacial score (nSPS) is 14.9. The largest absolute Gasteiger partial charge is 0.493 e. The van der Waals surface area contributed by atoms with Crippen LogP contribution in [0.5, 0.6) is 11.5 Å². The van der Waals surface area contributed by atoms with E-state index in [2.05, 4.69) is 10.2 Å². The highest BCUT2D eigenvalue weighted by Gasteiger charge is 2.22. The van der Waals surface area contributed by atoms with Crippen LogP contribution in [0.3, 0.4) is 0 Å². The van der Waals surface area contributed by atoms with Crippen LogP contribution in [0.25, 0.3) is 10.9 Å². The smallest absolute Gasteiger partial charge is 0.407 e. The monoisotopic (exact) mass is 699 g/mol. The molecular formula is C36H53N5O9. The van der Waals surface area contributed by atoms with Gasteiger partial charge in [0.05, 0.1) is 63.8 Å². The zero-order valence-electron chi connectivity index (χ0n) is 30.0. The van der Waals surface area contributed by atoms with Crippen LogP contribution in [0.2, 0.25) is 0 Å². The molecule has 276 valence electrons. The van der Waals surface area contributed by atoms with E-state index < -0.39 is 11.7 Å². The average molecular weight is 700 g/mol. The van der Waals surface area contributed by atoms with Gasteiger partial charge in [-0.25, -0.2) is 9.78 Å². The van der Waals surface area contributed by atoms with Gasteiger partial charge in [-0.3, -0.25) is 9.36 Å². The summed E-state index contributed by atoms with van der Waals surface area (Å²) in [5, 5.41) is 3.21. The number of hydrogen-bond acceptors (Lipinski definition) is 12. The molecule has 0 saturated carbocycles. The van der Waals surface area contributed by atoms with E-state index in [-0.39, 0.29) is 11.7 Å². The molecule has 4 rings (SSSR count). The van der Waals surface area contributed by atoms with E-state index in [1.165, 1.54) is 0 Å². The minimum Gasteiger partial charge on any atom is -0.493 e. The molecule has 1 unspecified atom stereocenters. The lowest BCUT2D eigenvalue weighted by Gasteiger charge is -2.34. The van der Waals surface area contributed by atoms with Crippen molar-refractivity contribution >= 4 is 22.7 Å². The fourth-order valence-electron chi connectivity index (χ4n) is 5.55. The van der Waals surface area contributed by atoms with Gasteiger partial charge in [0.1, 0.15) is 18.0 Å². The van der Waals surface area contributed by atoms with Crippen molar-refractivity contribution in [3.05, 3.63) is 58.1 Å². The number of methoxy groups -OCH3 is 2. The summed E-state index contributed by atoms with van der Waals surface area (Å²) in [5.74, 6) is 1.85. The van der Waals surface area contributed by atoms with Crippen molar-refractivity contribution in [1.29, 1.82) is 0 Å². The zero-order valence-corrected chi connectivity index (χ0v) is 30.0. The number of morpholine rings is 1. The molecular weight excluding hydrogens is 646 g/mol. The summed E-state index contributed by atoms with van der Waals surface area (Å²) < 4.78 is 40.6. The Morgan fingerprint density at radius 1 is 1.02 bits per heavy atom. The summed E-state index contributed by atoms with van der Waals surface area (Å²) >= 11 is 0. The minimum atomic E-state index is -0.539. The predicted octanol–water partition coefficient (Wildman–Crippen LogP) is 2.94. The molecule has 1 fully saturated rings. The van der Waals surface area contributed by atoms with Crippen molar-refractivity contribution < 1.29 is 38.0 Å². The Bertz CT molecular complexity index is 1570. The molecule has 1 saturated heterocycles. The standard InChI is InChI=1S/C36H53N5O9/c1-36(2,3)50-35(43)38-13-16-46-18-19-47-20-21-49-32-22-26(6-9-31(32)45-5)11-14-41-33(10-12-37)39-30-23-27(7-8-29(30)34(41)42)40-15-17-48-28(24-40)25-44-4/h6-9,22-23,28H,10-21,24-25,37H2,1-5H3,(H,38,43). The Morgan fingerprint density at radius 3 is 2.54 bits per heavy atom. The van der Waals surface area contributed by atoms with Gasteiger partial charge in [0.15, 0.2) is 11.5 Å². The van der Waals surface area contributed by atoms with Gasteiger partial charge in [0, 0.05) is 45.4 Å². The first-order chi connectivity index (χ1) is 24.1. The number of nitrogens with two attached hydrogens (primary N) is 1. The highest BCUT2D eigenvalue weighted by atomic mass is 16.6. The minimum absolute atomic E-state index is 0.00539. The number of hydrogen-bond donors (Lipinski definition) is 2. The van der Waals surface area contributed by atoms with E-state index in [9.17, 15) is 9.59 Å². The van der Waals surface area contributed by atoms with Gasteiger partial charge in [0.2, 0.25) is 0 Å². The van der Waals surface area contributed by atoms with Gasteiger partial charge in [0.25, 0.3) is 5.56 Å². The van der Waals surface area contributed by atoms with Crippen LogP contribution in [0, 0.1) is 0 Å². The Morgan fingerprint density at radius 2 is 1.80 bits per heavy atom. The van der Waals surface area contributed by atoms with E-state index in [4.69, 9.17) is 43.9 Å². The van der Waals surface area contributed by atoms with Crippen LogP contribution < -0.4 is 31.0 Å². The van der Waals surface area contributed by atoms with Crippen molar-refractivity contribution in [3.8, 4) is 11.5 Å². The Kier molecular flexibility index (Phi) is 15.1. The first-order valence-electron chi connectivity index (χ1n) is 17.1. The number of carbonyl (C=O) groups is 1. The van der Waals surface area contributed by atoms with E-state index >= 15 is 0 Å². The summed E-state index contributed by atoms with van der Waals surface area (Å²) in [6.45, 7) is 11.0. The molecule has 0 spiro atoms. The molecule has 1 atom stereocenters. The molecule has 2 heterocycles. The lowest BCUT2D eigenvalue weighted by atomic mass is 10.1. The van der Waals surface area contributed by atoms with Crippen molar-refractivity contribution in [3.63, 3.8) is 0 Å². The molecule has 2 aromatic carbocycles. The van der Waals surface area contributed by atoms with Gasteiger partial charge in [-0.2, -0.15) is 0 Å². The van der Waals surface area contributed by atoms with E-state index in [1.54, 1.807) is 18.8 Å². The second kappa shape index (κ2) is 19.4. The molecule has 14 nitrogen and oxygen atoms in total. The number of nitrogens with zero attached hydrogens (tertiary/aromatic N) is 3. The Balaban J connectivity index is 1.29. The number of aromatic nitrogens is 2. The first-order valence-corrected chi connectivity index (χ1v) is 17.1. The quantitative estimate of drug-likeness (QED) is 0.177. The lowest BCUT2D eigenvalue weighted by molar-refractivity contribution is -0.0100. The van der Waals surface area contributed by atoms with Crippen LogP contribution in [0.15, 0.2) is 41.2 Å². The van der Waals surface area contributed by atoms with Gasteiger partial charge in [-0.1, -0.05) is 6.07 Å². The third kappa shape index (κ3) is 11.8. The number of nitrogens with one attached hydrogen (secondary N) is 1. The summed E-state index contributed by atoms with van der Waals surface area (Å²) in [7, 11) is 3.26. The molecule has 0 bridgehead atoms. The summed E-state index contributed by atoms with van der Waals surface area (Å²) in [6.07, 6.45) is 0.581. The first kappa shape index (κ1) is 38.8. The van der Waals surface area contributed by atoms with E-state index in [0.29, 0.717) is 113 Å². The number of amides is 1. The van der Waals surface area contributed by atoms with Crippen molar-refractivity contribution in [2.75, 3.05) is 91.5 Å². The van der Waals surface area contributed by atoms with Crippen LogP contribution >= 0.6 is 0 Å². The fraction of sp³-hybridized carbons (Fsp3) is 0.583. The summed E-state index contributed by atoms with van der Waals surface area (Å²) in [6, 6.07) is 11.6. The third-order valence-electron chi connectivity index (χ3n) is 7.87. The number of alkyl carbamates (subject to hydrolysis) is 1. The molecule has 1 aliphatic heterocycles. The van der Waals surface area contributed by atoms with E-state index in [0.717, 1.165) is 17.8 Å². The van der Waals surface area contributed by atoms with Gasteiger partial charge in [-0.15, -0.1) is 0 Å². The van der Waals surface area contributed by atoms with E-state index in [1.807, 2.05) is 57.2 Å². The fourth-order valence-corrected chi connectivity index (χ4v) is 5.55. The highest BCUT2D eigenvalue weighted by molar-refractivity contribution is 5.81. The number of ether oxygens (including phenoxy) is 7. The van der Waals surface area contributed by atoms with Crippen LogP contribution in [0.1, 0.15) is 32.2 Å².